The summed E-state index contributed by atoms with van der Waals surface area (Å²) in [7, 11) is 0. The number of rotatable bonds is 7. The SMILES string of the molecule is CC(C)NC(=O)N[C@H](CCCC(=O)O)C(=O)O. The highest BCUT2D eigenvalue weighted by molar-refractivity contribution is 5.82. The zero-order chi connectivity index (χ0) is 13.4. The minimum atomic E-state index is -1.17. The molecule has 0 bridgehead atoms. The minimum Gasteiger partial charge on any atom is -0.481 e. The van der Waals surface area contributed by atoms with Crippen molar-refractivity contribution in [2.75, 3.05) is 0 Å². The van der Waals surface area contributed by atoms with Crippen molar-refractivity contribution in [3.63, 3.8) is 0 Å². The summed E-state index contributed by atoms with van der Waals surface area (Å²) in [6.45, 7) is 3.50. The number of carbonyl (C=O) groups excluding carboxylic acids is 1. The lowest BCUT2D eigenvalue weighted by Crippen LogP contribution is -2.47. The molecule has 0 fully saturated rings. The topological polar surface area (TPSA) is 116 Å². The first-order valence-corrected chi connectivity index (χ1v) is 5.34. The van der Waals surface area contributed by atoms with Crippen LogP contribution >= 0.6 is 0 Å². The number of carbonyl (C=O) groups is 3. The van der Waals surface area contributed by atoms with Crippen LogP contribution in [-0.4, -0.2) is 40.3 Å². The second-order valence-corrected chi connectivity index (χ2v) is 3.95. The summed E-state index contributed by atoms with van der Waals surface area (Å²) in [5, 5.41) is 22.0. The van der Waals surface area contributed by atoms with Gasteiger partial charge in [0.05, 0.1) is 0 Å². The quantitative estimate of drug-likeness (QED) is 0.519. The summed E-state index contributed by atoms with van der Waals surface area (Å²) < 4.78 is 0. The molecule has 0 spiro atoms. The van der Waals surface area contributed by atoms with Crippen LogP contribution in [0, 0.1) is 0 Å². The number of hydrogen-bond donors (Lipinski definition) is 4. The molecular formula is C10H18N2O5. The largest absolute Gasteiger partial charge is 0.481 e. The van der Waals surface area contributed by atoms with E-state index in [-0.39, 0.29) is 25.3 Å². The third kappa shape index (κ3) is 8.06. The van der Waals surface area contributed by atoms with Gasteiger partial charge in [0.15, 0.2) is 0 Å². The van der Waals surface area contributed by atoms with Crippen LogP contribution in [0.15, 0.2) is 0 Å². The monoisotopic (exact) mass is 246 g/mol. The lowest BCUT2D eigenvalue weighted by molar-refractivity contribution is -0.140. The Balaban J connectivity index is 4.11. The highest BCUT2D eigenvalue weighted by Crippen LogP contribution is 2.01. The molecule has 98 valence electrons. The Morgan fingerprint density at radius 2 is 1.71 bits per heavy atom. The van der Waals surface area contributed by atoms with E-state index in [9.17, 15) is 14.4 Å². The average Bonchev–Trinajstić information content (AvgIpc) is 2.13. The molecule has 1 atom stereocenters. The third-order valence-electron chi connectivity index (χ3n) is 1.91. The molecule has 2 amide bonds. The van der Waals surface area contributed by atoms with Gasteiger partial charge in [0, 0.05) is 12.5 Å². The fourth-order valence-corrected chi connectivity index (χ4v) is 1.18. The first-order valence-electron chi connectivity index (χ1n) is 5.34. The van der Waals surface area contributed by atoms with E-state index in [1.165, 1.54) is 0 Å². The molecule has 7 heteroatoms. The van der Waals surface area contributed by atoms with Crippen molar-refractivity contribution in [3.05, 3.63) is 0 Å². The van der Waals surface area contributed by atoms with Gasteiger partial charge in [-0.25, -0.2) is 9.59 Å². The summed E-state index contributed by atoms with van der Waals surface area (Å²) >= 11 is 0. The van der Waals surface area contributed by atoms with Gasteiger partial charge in [-0.1, -0.05) is 0 Å². The van der Waals surface area contributed by atoms with Crippen LogP contribution in [-0.2, 0) is 9.59 Å². The van der Waals surface area contributed by atoms with E-state index in [0.29, 0.717) is 0 Å². The van der Waals surface area contributed by atoms with E-state index in [1.807, 2.05) is 0 Å². The van der Waals surface area contributed by atoms with E-state index >= 15 is 0 Å². The molecule has 0 heterocycles. The van der Waals surface area contributed by atoms with Crippen molar-refractivity contribution < 1.29 is 24.6 Å². The number of amides is 2. The summed E-state index contributed by atoms with van der Waals surface area (Å²) in [4.78, 5) is 32.3. The fraction of sp³-hybridized carbons (Fsp3) is 0.700. The van der Waals surface area contributed by atoms with E-state index in [0.717, 1.165) is 0 Å². The number of hydrogen-bond acceptors (Lipinski definition) is 3. The Hall–Kier alpha value is -1.79. The van der Waals surface area contributed by atoms with Gasteiger partial charge in [-0.15, -0.1) is 0 Å². The van der Waals surface area contributed by atoms with Crippen molar-refractivity contribution in [2.24, 2.45) is 0 Å². The molecule has 0 saturated carbocycles. The predicted octanol–water partition coefficient (Wildman–Crippen LogP) is 0.402. The standard InChI is InChI=1S/C10H18N2O5/c1-6(2)11-10(17)12-7(9(15)16)4-3-5-8(13)14/h6-7H,3-5H2,1-2H3,(H,13,14)(H,15,16)(H2,11,12,17)/t7-/m1/s1. The molecule has 0 rings (SSSR count). The number of carboxylic acids is 2. The molecule has 0 aromatic carbocycles. The van der Waals surface area contributed by atoms with Gasteiger partial charge in [0.2, 0.25) is 0 Å². The summed E-state index contributed by atoms with van der Waals surface area (Å²) in [5.41, 5.74) is 0. The van der Waals surface area contributed by atoms with Crippen molar-refractivity contribution in [3.8, 4) is 0 Å². The first-order chi connectivity index (χ1) is 7.82. The van der Waals surface area contributed by atoms with Crippen LogP contribution < -0.4 is 10.6 Å². The molecule has 0 aromatic heterocycles. The number of urea groups is 1. The van der Waals surface area contributed by atoms with E-state index in [4.69, 9.17) is 10.2 Å². The highest BCUT2D eigenvalue weighted by atomic mass is 16.4. The van der Waals surface area contributed by atoms with Crippen LogP contribution in [0.25, 0.3) is 0 Å². The van der Waals surface area contributed by atoms with Crippen molar-refractivity contribution >= 4 is 18.0 Å². The molecule has 0 aromatic rings. The maximum absolute atomic E-state index is 11.3. The first kappa shape index (κ1) is 15.2. The molecule has 7 nitrogen and oxygen atoms in total. The van der Waals surface area contributed by atoms with Gasteiger partial charge in [-0.05, 0) is 26.7 Å². The predicted molar refractivity (Wildman–Crippen MR) is 59.7 cm³/mol. The molecule has 4 N–H and O–H groups in total. The number of nitrogens with one attached hydrogen (secondary N) is 2. The molecule has 0 aliphatic carbocycles. The Morgan fingerprint density at radius 3 is 2.12 bits per heavy atom. The average molecular weight is 246 g/mol. The summed E-state index contributed by atoms with van der Waals surface area (Å²) in [6.07, 6.45) is 0.179. The van der Waals surface area contributed by atoms with E-state index < -0.39 is 24.0 Å². The zero-order valence-electron chi connectivity index (χ0n) is 9.90. The van der Waals surface area contributed by atoms with Gasteiger partial charge in [-0.3, -0.25) is 4.79 Å². The van der Waals surface area contributed by atoms with Crippen molar-refractivity contribution in [2.45, 2.75) is 45.2 Å². The maximum Gasteiger partial charge on any atom is 0.326 e. The van der Waals surface area contributed by atoms with Gasteiger partial charge in [-0.2, -0.15) is 0 Å². The summed E-state index contributed by atoms with van der Waals surface area (Å²) in [6, 6.07) is -1.72. The van der Waals surface area contributed by atoms with Crippen LogP contribution in [0.1, 0.15) is 33.1 Å². The summed E-state index contributed by atoms with van der Waals surface area (Å²) in [5.74, 6) is -2.16. The fourth-order valence-electron chi connectivity index (χ4n) is 1.18. The third-order valence-corrected chi connectivity index (χ3v) is 1.91. The Labute approximate surface area is 99.2 Å². The molecule has 17 heavy (non-hydrogen) atoms. The molecular weight excluding hydrogens is 228 g/mol. The molecule has 0 radical (unpaired) electrons. The molecule has 0 aliphatic rings. The number of carboxylic acid groups (broad SMARTS) is 2. The van der Waals surface area contributed by atoms with Crippen LogP contribution in [0.3, 0.4) is 0 Å². The Kier molecular flexibility index (Phi) is 6.69. The molecule has 0 aliphatic heterocycles. The minimum absolute atomic E-state index is 0.0904. The normalized spacial score (nSPS) is 11.9. The van der Waals surface area contributed by atoms with E-state index in [2.05, 4.69) is 10.6 Å². The molecule has 0 unspecified atom stereocenters. The van der Waals surface area contributed by atoms with E-state index in [1.54, 1.807) is 13.8 Å². The maximum atomic E-state index is 11.3. The lowest BCUT2D eigenvalue weighted by atomic mass is 10.1. The smallest absolute Gasteiger partial charge is 0.326 e. The van der Waals surface area contributed by atoms with Crippen LogP contribution in [0.4, 0.5) is 4.79 Å². The second-order valence-electron chi connectivity index (χ2n) is 3.95. The van der Waals surface area contributed by atoms with Gasteiger partial charge < -0.3 is 20.8 Å². The van der Waals surface area contributed by atoms with Gasteiger partial charge >= 0.3 is 18.0 Å². The molecule has 0 saturated heterocycles. The van der Waals surface area contributed by atoms with Crippen LogP contribution in [0.2, 0.25) is 0 Å². The van der Waals surface area contributed by atoms with Gasteiger partial charge in [0.25, 0.3) is 0 Å². The van der Waals surface area contributed by atoms with Gasteiger partial charge in [0.1, 0.15) is 6.04 Å². The number of aliphatic carboxylic acids is 2. The highest BCUT2D eigenvalue weighted by Gasteiger charge is 2.19. The Morgan fingerprint density at radius 1 is 1.12 bits per heavy atom. The lowest BCUT2D eigenvalue weighted by Gasteiger charge is -2.16. The van der Waals surface area contributed by atoms with Crippen molar-refractivity contribution in [1.82, 2.24) is 10.6 Å². The zero-order valence-corrected chi connectivity index (χ0v) is 9.90. The second kappa shape index (κ2) is 7.48. The Bertz CT molecular complexity index is 290. The van der Waals surface area contributed by atoms with Crippen LogP contribution in [0.5, 0.6) is 0 Å². The van der Waals surface area contributed by atoms with Crippen molar-refractivity contribution in [1.29, 1.82) is 0 Å².